The summed E-state index contributed by atoms with van der Waals surface area (Å²) in [5.74, 6) is -2.22. The van der Waals surface area contributed by atoms with Gasteiger partial charge in [0.1, 0.15) is 11.6 Å². The molecule has 0 saturated carbocycles. The van der Waals surface area contributed by atoms with Crippen molar-refractivity contribution in [3.63, 3.8) is 0 Å². The molecule has 1 aliphatic rings. The summed E-state index contributed by atoms with van der Waals surface area (Å²) in [5, 5.41) is 6.65. The van der Waals surface area contributed by atoms with Gasteiger partial charge < -0.3 is 15.5 Å². The molecule has 1 amide bonds. The third-order valence-electron chi connectivity index (χ3n) is 5.92. The van der Waals surface area contributed by atoms with Gasteiger partial charge in [0.25, 0.3) is 5.91 Å². The Balaban J connectivity index is 1.41. The summed E-state index contributed by atoms with van der Waals surface area (Å²) in [5.41, 5.74) is 2.39. The zero-order valence-corrected chi connectivity index (χ0v) is 18.7. The van der Waals surface area contributed by atoms with Crippen molar-refractivity contribution in [2.24, 2.45) is 0 Å². The second-order valence-corrected chi connectivity index (χ2v) is 8.36. The number of halogens is 2. The molecule has 4 aromatic rings. The number of nitrogens with zero attached hydrogens (tertiary/aromatic N) is 2. The predicted molar refractivity (Wildman–Crippen MR) is 131 cm³/mol. The van der Waals surface area contributed by atoms with Gasteiger partial charge in [0.15, 0.2) is 5.78 Å². The molecule has 1 saturated heterocycles. The molecule has 0 radical (unpaired) electrons. The first-order chi connectivity index (χ1) is 17.0. The maximum Gasteiger partial charge on any atom is 0.255 e. The molecule has 3 aromatic carbocycles. The fourth-order valence-corrected chi connectivity index (χ4v) is 4.15. The van der Waals surface area contributed by atoms with Gasteiger partial charge in [-0.3, -0.25) is 14.6 Å². The maximum atomic E-state index is 14.3. The van der Waals surface area contributed by atoms with Crippen LogP contribution in [0.1, 0.15) is 26.3 Å². The van der Waals surface area contributed by atoms with E-state index in [9.17, 15) is 18.4 Å². The van der Waals surface area contributed by atoms with Gasteiger partial charge in [-0.15, -0.1) is 0 Å². The average Bonchev–Trinajstić information content (AvgIpc) is 2.87. The summed E-state index contributed by atoms with van der Waals surface area (Å²) >= 11 is 0. The lowest BCUT2D eigenvalue weighted by Gasteiger charge is -2.29. The third-order valence-corrected chi connectivity index (χ3v) is 5.92. The Morgan fingerprint density at radius 2 is 1.66 bits per heavy atom. The van der Waals surface area contributed by atoms with Gasteiger partial charge in [0.2, 0.25) is 0 Å². The number of hydrogen-bond acceptors (Lipinski definition) is 5. The number of benzene rings is 3. The Labute approximate surface area is 200 Å². The highest BCUT2D eigenvalue weighted by molar-refractivity contribution is 6.11. The van der Waals surface area contributed by atoms with Gasteiger partial charge in [0.05, 0.1) is 17.4 Å². The van der Waals surface area contributed by atoms with E-state index < -0.39 is 17.5 Å². The number of fused-ring (bicyclic) bond motifs is 1. The number of aromatic nitrogens is 1. The molecular formula is C27H22F2N4O2. The molecule has 1 aromatic heterocycles. The van der Waals surface area contributed by atoms with Crippen LogP contribution >= 0.6 is 0 Å². The minimum absolute atomic E-state index is 0.0875. The molecule has 176 valence electrons. The van der Waals surface area contributed by atoms with Gasteiger partial charge in [-0.05, 0) is 60.7 Å². The topological polar surface area (TPSA) is 74.3 Å². The van der Waals surface area contributed by atoms with Crippen molar-refractivity contribution in [2.75, 3.05) is 36.4 Å². The van der Waals surface area contributed by atoms with Crippen molar-refractivity contribution in [1.29, 1.82) is 0 Å². The van der Waals surface area contributed by atoms with Gasteiger partial charge in [-0.1, -0.05) is 6.07 Å². The molecule has 0 bridgehead atoms. The lowest BCUT2D eigenvalue weighted by Crippen LogP contribution is -2.43. The first kappa shape index (κ1) is 22.6. The number of nitrogens with one attached hydrogen (secondary N) is 2. The van der Waals surface area contributed by atoms with E-state index in [0.717, 1.165) is 61.0 Å². The highest BCUT2D eigenvalue weighted by Gasteiger charge is 2.16. The van der Waals surface area contributed by atoms with E-state index in [1.807, 2.05) is 12.3 Å². The van der Waals surface area contributed by atoms with Crippen molar-refractivity contribution in [3.05, 3.63) is 101 Å². The third kappa shape index (κ3) is 5.02. The number of piperazine rings is 1. The number of carbonyl (C=O) groups excluding carboxylic acids is 2. The van der Waals surface area contributed by atoms with E-state index in [0.29, 0.717) is 5.56 Å². The van der Waals surface area contributed by atoms with Gasteiger partial charge in [-0.2, -0.15) is 0 Å². The standard InChI is InChI=1S/C27H22F2N4O2/c28-21-3-1-2-18(11-21)27(35)32-23-13-20(12-22(29)15-23)26(34)17-4-5-25-19(10-17)14-24(16-31-25)33-8-6-30-7-9-33/h1-5,10-16,30H,6-9H2,(H,32,35). The fraction of sp³-hybridized carbons (Fsp3) is 0.148. The van der Waals surface area contributed by atoms with E-state index in [4.69, 9.17) is 0 Å². The Morgan fingerprint density at radius 3 is 2.46 bits per heavy atom. The largest absolute Gasteiger partial charge is 0.368 e. The van der Waals surface area contributed by atoms with E-state index in [-0.39, 0.29) is 22.6 Å². The van der Waals surface area contributed by atoms with Crippen molar-refractivity contribution < 1.29 is 18.4 Å². The monoisotopic (exact) mass is 472 g/mol. The molecule has 2 N–H and O–H groups in total. The summed E-state index contributed by atoms with van der Waals surface area (Å²) < 4.78 is 27.8. The number of carbonyl (C=O) groups is 2. The van der Waals surface area contributed by atoms with Crippen LogP contribution in [0.4, 0.5) is 20.2 Å². The minimum atomic E-state index is -0.672. The number of amides is 1. The summed E-state index contributed by atoms with van der Waals surface area (Å²) in [7, 11) is 0. The van der Waals surface area contributed by atoms with Crippen LogP contribution in [0.3, 0.4) is 0 Å². The van der Waals surface area contributed by atoms with Crippen LogP contribution < -0.4 is 15.5 Å². The van der Waals surface area contributed by atoms with Crippen LogP contribution in [0.15, 0.2) is 72.9 Å². The van der Waals surface area contributed by atoms with Crippen LogP contribution in [-0.2, 0) is 0 Å². The molecule has 8 heteroatoms. The van der Waals surface area contributed by atoms with Crippen LogP contribution in [0.5, 0.6) is 0 Å². The summed E-state index contributed by atoms with van der Waals surface area (Å²) in [6.07, 6.45) is 1.83. The molecule has 0 aliphatic carbocycles. The smallest absolute Gasteiger partial charge is 0.255 e. The zero-order valence-electron chi connectivity index (χ0n) is 18.7. The summed E-state index contributed by atoms with van der Waals surface area (Å²) in [6.45, 7) is 3.54. The Hall–Kier alpha value is -4.17. The van der Waals surface area contributed by atoms with E-state index in [1.165, 1.54) is 24.3 Å². The predicted octanol–water partition coefficient (Wildman–Crippen LogP) is 4.41. The van der Waals surface area contributed by atoms with Crippen molar-refractivity contribution in [3.8, 4) is 0 Å². The number of hydrogen-bond donors (Lipinski definition) is 2. The molecule has 1 aliphatic heterocycles. The molecule has 5 rings (SSSR count). The Kier molecular flexibility index (Phi) is 6.20. The molecule has 0 spiro atoms. The van der Waals surface area contributed by atoms with Gasteiger partial charge in [0, 0.05) is 53.9 Å². The fourth-order valence-electron chi connectivity index (χ4n) is 4.15. The van der Waals surface area contributed by atoms with Crippen molar-refractivity contribution in [2.45, 2.75) is 0 Å². The van der Waals surface area contributed by atoms with Crippen LogP contribution in [0.25, 0.3) is 10.9 Å². The SMILES string of the molecule is O=C(Nc1cc(F)cc(C(=O)c2ccc3ncc(N4CCNCC4)cc3c2)c1)c1cccc(F)c1. The first-order valence-electron chi connectivity index (χ1n) is 11.2. The number of rotatable bonds is 5. The van der Waals surface area contributed by atoms with E-state index >= 15 is 0 Å². The lowest BCUT2D eigenvalue weighted by atomic mass is 10.0. The van der Waals surface area contributed by atoms with Crippen LogP contribution in [0, 0.1) is 11.6 Å². The quantitative estimate of drug-likeness (QED) is 0.421. The van der Waals surface area contributed by atoms with E-state index in [1.54, 1.807) is 18.2 Å². The molecule has 35 heavy (non-hydrogen) atoms. The van der Waals surface area contributed by atoms with Crippen molar-refractivity contribution in [1.82, 2.24) is 10.3 Å². The van der Waals surface area contributed by atoms with Gasteiger partial charge in [-0.25, -0.2) is 8.78 Å². The lowest BCUT2D eigenvalue weighted by molar-refractivity contribution is 0.102. The Bertz CT molecular complexity index is 1430. The second kappa shape index (κ2) is 9.60. The molecule has 0 atom stereocenters. The van der Waals surface area contributed by atoms with Crippen LogP contribution in [-0.4, -0.2) is 42.9 Å². The molecular weight excluding hydrogens is 450 g/mol. The normalized spacial score (nSPS) is 13.6. The summed E-state index contributed by atoms with van der Waals surface area (Å²) in [4.78, 5) is 32.4. The molecule has 2 heterocycles. The van der Waals surface area contributed by atoms with Gasteiger partial charge >= 0.3 is 0 Å². The highest BCUT2D eigenvalue weighted by atomic mass is 19.1. The average molecular weight is 472 g/mol. The van der Waals surface area contributed by atoms with E-state index in [2.05, 4.69) is 20.5 Å². The molecule has 6 nitrogen and oxygen atoms in total. The van der Waals surface area contributed by atoms with Crippen molar-refractivity contribution >= 4 is 34.0 Å². The summed E-state index contributed by atoms with van der Waals surface area (Å²) in [6, 6.07) is 16.0. The second-order valence-electron chi connectivity index (χ2n) is 8.36. The molecule has 0 unspecified atom stereocenters. The first-order valence-corrected chi connectivity index (χ1v) is 11.2. The maximum absolute atomic E-state index is 14.3. The molecule has 1 fully saturated rings. The number of pyridine rings is 1. The zero-order chi connectivity index (χ0) is 24.4. The number of anilines is 2. The highest BCUT2D eigenvalue weighted by Crippen LogP contribution is 2.24. The minimum Gasteiger partial charge on any atom is -0.368 e. The Morgan fingerprint density at radius 1 is 0.857 bits per heavy atom. The number of ketones is 1. The van der Waals surface area contributed by atoms with Crippen LogP contribution in [0.2, 0.25) is 0 Å².